The third kappa shape index (κ3) is 3.31. The van der Waals surface area contributed by atoms with Gasteiger partial charge in [-0.2, -0.15) is 0 Å². The molecule has 0 aliphatic heterocycles. The first kappa shape index (κ1) is 14.0. The average Bonchev–Trinajstić information content (AvgIpc) is 2.36. The summed E-state index contributed by atoms with van der Waals surface area (Å²) in [7, 11) is 0. The first-order valence-electron chi connectivity index (χ1n) is 5.39. The van der Waals surface area contributed by atoms with Gasteiger partial charge in [-0.3, -0.25) is 4.79 Å². The Morgan fingerprint density at radius 2 is 1.74 bits per heavy atom. The van der Waals surface area contributed by atoms with E-state index >= 15 is 0 Å². The van der Waals surface area contributed by atoms with Crippen LogP contribution in [0.1, 0.15) is 15.9 Å². The summed E-state index contributed by atoms with van der Waals surface area (Å²) in [4.78, 5) is 11.9. The molecule has 0 spiro atoms. The fraction of sp³-hybridized carbons (Fsp3) is 0.0714. The second kappa shape index (κ2) is 5.68. The minimum atomic E-state index is -0.649. The van der Waals surface area contributed by atoms with Gasteiger partial charge >= 0.3 is 0 Å². The van der Waals surface area contributed by atoms with Gasteiger partial charge < -0.3 is 0 Å². The van der Waals surface area contributed by atoms with E-state index in [0.29, 0.717) is 5.56 Å². The Bertz CT molecular complexity index is 641. The van der Waals surface area contributed by atoms with E-state index in [-0.39, 0.29) is 22.0 Å². The molecule has 5 heteroatoms. The van der Waals surface area contributed by atoms with Gasteiger partial charge in [0.1, 0.15) is 11.6 Å². The van der Waals surface area contributed by atoms with Crippen LogP contribution in [0.4, 0.5) is 8.78 Å². The van der Waals surface area contributed by atoms with Crippen LogP contribution < -0.4 is 0 Å². The average molecular weight is 301 g/mol. The standard InChI is InChI=1S/C14H8Cl2F2O/c15-9-2-4-12(17)10(7-9)14(19)6-8-1-3-11(16)13(18)5-8/h1-5,7H,6H2. The molecule has 0 saturated carbocycles. The number of carbonyl (C=O) groups is 1. The highest BCUT2D eigenvalue weighted by molar-refractivity contribution is 6.31. The van der Waals surface area contributed by atoms with E-state index in [1.54, 1.807) is 0 Å². The van der Waals surface area contributed by atoms with Crippen LogP contribution in [0.25, 0.3) is 0 Å². The maximum Gasteiger partial charge on any atom is 0.170 e. The lowest BCUT2D eigenvalue weighted by Gasteiger charge is -2.04. The highest BCUT2D eigenvalue weighted by Crippen LogP contribution is 2.19. The highest BCUT2D eigenvalue weighted by Gasteiger charge is 2.13. The molecule has 2 rings (SSSR count). The molecule has 0 bridgehead atoms. The van der Waals surface area contributed by atoms with Crippen molar-refractivity contribution in [1.29, 1.82) is 0 Å². The van der Waals surface area contributed by atoms with Gasteiger partial charge in [-0.15, -0.1) is 0 Å². The van der Waals surface area contributed by atoms with Crippen molar-refractivity contribution >= 4 is 29.0 Å². The fourth-order valence-electron chi connectivity index (χ4n) is 1.64. The fourth-order valence-corrected chi connectivity index (χ4v) is 1.93. The van der Waals surface area contributed by atoms with E-state index < -0.39 is 17.4 Å². The van der Waals surface area contributed by atoms with Crippen molar-refractivity contribution in [1.82, 2.24) is 0 Å². The normalized spacial score (nSPS) is 10.5. The molecule has 98 valence electrons. The van der Waals surface area contributed by atoms with Gasteiger partial charge in [0.25, 0.3) is 0 Å². The number of ketones is 1. The van der Waals surface area contributed by atoms with Crippen LogP contribution in [-0.2, 0) is 6.42 Å². The molecule has 0 aliphatic rings. The van der Waals surface area contributed by atoms with Crippen molar-refractivity contribution in [2.75, 3.05) is 0 Å². The van der Waals surface area contributed by atoms with Crippen molar-refractivity contribution < 1.29 is 13.6 Å². The van der Waals surface area contributed by atoms with Crippen LogP contribution in [0.2, 0.25) is 10.0 Å². The molecule has 0 saturated heterocycles. The Labute approximate surface area is 118 Å². The van der Waals surface area contributed by atoms with Crippen molar-refractivity contribution in [3.05, 3.63) is 69.2 Å². The molecule has 0 N–H and O–H groups in total. The molecule has 0 radical (unpaired) electrons. The van der Waals surface area contributed by atoms with Gasteiger partial charge in [0, 0.05) is 11.4 Å². The quantitative estimate of drug-likeness (QED) is 0.751. The van der Waals surface area contributed by atoms with Crippen molar-refractivity contribution in [2.45, 2.75) is 6.42 Å². The van der Waals surface area contributed by atoms with Crippen LogP contribution in [0.5, 0.6) is 0 Å². The van der Waals surface area contributed by atoms with Gasteiger partial charge in [-0.25, -0.2) is 8.78 Å². The van der Waals surface area contributed by atoms with Gasteiger partial charge in [-0.1, -0.05) is 29.3 Å². The Morgan fingerprint density at radius 1 is 1.00 bits per heavy atom. The maximum absolute atomic E-state index is 13.5. The first-order valence-corrected chi connectivity index (χ1v) is 6.15. The predicted octanol–water partition coefficient (Wildman–Crippen LogP) is 4.70. The largest absolute Gasteiger partial charge is 0.294 e. The summed E-state index contributed by atoms with van der Waals surface area (Å²) < 4.78 is 26.7. The van der Waals surface area contributed by atoms with E-state index in [1.807, 2.05) is 0 Å². The Morgan fingerprint density at radius 3 is 2.42 bits per heavy atom. The zero-order valence-electron chi connectivity index (χ0n) is 9.59. The highest BCUT2D eigenvalue weighted by atomic mass is 35.5. The number of benzene rings is 2. The Hall–Kier alpha value is -1.45. The summed E-state index contributed by atoms with van der Waals surface area (Å²) >= 11 is 11.3. The zero-order chi connectivity index (χ0) is 14.0. The molecular weight excluding hydrogens is 293 g/mol. The molecule has 0 atom stereocenters. The number of hydrogen-bond donors (Lipinski definition) is 0. The zero-order valence-corrected chi connectivity index (χ0v) is 11.1. The molecule has 19 heavy (non-hydrogen) atoms. The smallest absolute Gasteiger partial charge is 0.170 e. The summed E-state index contributed by atoms with van der Waals surface area (Å²) in [6.07, 6.45) is -0.120. The molecule has 2 aromatic carbocycles. The summed E-state index contributed by atoms with van der Waals surface area (Å²) in [5, 5.41) is 0.247. The molecule has 0 aromatic heterocycles. The minimum absolute atomic E-state index is 0.0230. The summed E-state index contributed by atoms with van der Waals surface area (Å²) in [5.74, 6) is -1.73. The van der Waals surface area contributed by atoms with Gasteiger partial charge in [-0.05, 0) is 35.9 Å². The summed E-state index contributed by atoms with van der Waals surface area (Å²) in [6, 6.07) is 7.77. The second-order valence-corrected chi connectivity index (χ2v) is 4.82. The number of halogens is 4. The van der Waals surface area contributed by atoms with Gasteiger partial charge in [0.15, 0.2) is 5.78 Å². The molecule has 2 aromatic rings. The lowest BCUT2D eigenvalue weighted by molar-refractivity contribution is 0.0989. The third-order valence-corrected chi connectivity index (χ3v) is 3.12. The number of rotatable bonds is 3. The summed E-state index contributed by atoms with van der Waals surface area (Å²) in [5.41, 5.74) is 0.314. The predicted molar refractivity (Wildman–Crippen MR) is 70.9 cm³/mol. The second-order valence-electron chi connectivity index (χ2n) is 3.97. The third-order valence-electron chi connectivity index (χ3n) is 2.58. The minimum Gasteiger partial charge on any atom is -0.294 e. The molecule has 1 nitrogen and oxygen atoms in total. The number of hydrogen-bond acceptors (Lipinski definition) is 1. The molecule has 0 heterocycles. The lowest BCUT2D eigenvalue weighted by Crippen LogP contribution is -2.06. The first-order chi connectivity index (χ1) is 8.97. The molecule has 0 unspecified atom stereocenters. The van der Waals surface area contributed by atoms with E-state index in [2.05, 4.69) is 0 Å². The van der Waals surface area contributed by atoms with E-state index in [9.17, 15) is 13.6 Å². The molecule has 0 fully saturated rings. The maximum atomic E-state index is 13.5. The van der Waals surface area contributed by atoms with Crippen LogP contribution in [-0.4, -0.2) is 5.78 Å². The molecular formula is C14H8Cl2F2O. The van der Waals surface area contributed by atoms with Crippen LogP contribution in [0.3, 0.4) is 0 Å². The van der Waals surface area contributed by atoms with Crippen LogP contribution in [0, 0.1) is 11.6 Å². The Balaban J connectivity index is 2.25. The van der Waals surface area contributed by atoms with Crippen LogP contribution >= 0.6 is 23.2 Å². The number of Topliss-reactive ketones (excluding diaryl/α,β-unsaturated/α-hetero) is 1. The SMILES string of the molecule is O=C(Cc1ccc(Cl)c(F)c1)c1cc(Cl)ccc1F. The molecule has 0 amide bonds. The van der Waals surface area contributed by atoms with E-state index in [0.717, 1.165) is 12.1 Å². The van der Waals surface area contributed by atoms with Crippen molar-refractivity contribution in [3.8, 4) is 0 Å². The van der Waals surface area contributed by atoms with E-state index in [4.69, 9.17) is 23.2 Å². The lowest BCUT2D eigenvalue weighted by atomic mass is 10.0. The van der Waals surface area contributed by atoms with Gasteiger partial charge in [0.05, 0.1) is 10.6 Å². The monoisotopic (exact) mass is 300 g/mol. The summed E-state index contributed by atoms with van der Waals surface area (Å²) in [6.45, 7) is 0. The van der Waals surface area contributed by atoms with E-state index in [1.165, 1.54) is 24.3 Å². The van der Waals surface area contributed by atoms with Crippen molar-refractivity contribution in [3.63, 3.8) is 0 Å². The van der Waals surface area contributed by atoms with Gasteiger partial charge in [0.2, 0.25) is 0 Å². The van der Waals surface area contributed by atoms with Crippen molar-refractivity contribution in [2.24, 2.45) is 0 Å². The Kier molecular flexibility index (Phi) is 4.17. The number of carbonyl (C=O) groups excluding carboxylic acids is 1. The molecule has 0 aliphatic carbocycles. The van der Waals surface area contributed by atoms with Crippen LogP contribution in [0.15, 0.2) is 36.4 Å². The topological polar surface area (TPSA) is 17.1 Å².